The number of carbonyl (C=O) groups is 2. The van der Waals surface area contributed by atoms with Crippen LogP contribution in [0.1, 0.15) is 25.8 Å². The molecule has 0 fully saturated rings. The fraction of sp³-hybridized carbons (Fsp3) is 0.259. The lowest BCUT2D eigenvalue weighted by atomic mass is 10.1. The molecule has 0 heterocycles. The van der Waals surface area contributed by atoms with E-state index in [0.29, 0.717) is 24.2 Å². The van der Waals surface area contributed by atoms with Gasteiger partial charge in [0.15, 0.2) is 0 Å². The van der Waals surface area contributed by atoms with Gasteiger partial charge in [0.1, 0.15) is 18.4 Å². The third kappa shape index (κ3) is 7.17. The highest BCUT2D eigenvalue weighted by Gasteiger charge is 2.33. The van der Waals surface area contributed by atoms with E-state index in [9.17, 15) is 22.4 Å². The van der Waals surface area contributed by atoms with Crippen LogP contribution in [0.15, 0.2) is 88.2 Å². The van der Waals surface area contributed by atoms with E-state index < -0.39 is 34.3 Å². The molecule has 0 saturated carbocycles. The first-order chi connectivity index (χ1) is 17.7. The number of nitrogens with one attached hydrogen (secondary N) is 1. The van der Waals surface area contributed by atoms with Crippen LogP contribution < -0.4 is 9.62 Å². The summed E-state index contributed by atoms with van der Waals surface area (Å²) in [6.07, 6.45) is 0.308. The van der Waals surface area contributed by atoms with E-state index >= 15 is 0 Å². The second-order valence-corrected chi connectivity index (χ2v) is 11.0. The minimum absolute atomic E-state index is 0.00825. The summed E-state index contributed by atoms with van der Waals surface area (Å²) in [6, 6.07) is 19.2. The standard InChI is InChI=1S/C27H29BrFN3O4S/c1-3-25(27(34)30-4-2)31(18-20-10-14-22(29)15-11-20)26(33)19-32(23-16-12-21(28)13-17-23)37(35,36)24-8-6-5-7-9-24/h5-17,25H,3-4,18-19H2,1-2H3,(H,30,34). The maximum atomic E-state index is 13.8. The molecule has 1 atom stereocenters. The second-order valence-electron chi connectivity index (χ2n) is 8.27. The summed E-state index contributed by atoms with van der Waals surface area (Å²) in [5, 5.41) is 2.74. The van der Waals surface area contributed by atoms with Crippen molar-refractivity contribution in [2.45, 2.75) is 37.8 Å². The molecule has 3 aromatic carbocycles. The largest absolute Gasteiger partial charge is 0.355 e. The van der Waals surface area contributed by atoms with Crippen molar-refractivity contribution in [1.82, 2.24) is 10.2 Å². The maximum absolute atomic E-state index is 13.8. The molecule has 37 heavy (non-hydrogen) atoms. The Balaban J connectivity index is 2.03. The Bertz CT molecular complexity index is 1300. The predicted octanol–water partition coefficient (Wildman–Crippen LogP) is 4.73. The van der Waals surface area contributed by atoms with Crippen molar-refractivity contribution < 1.29 is 22.4 Å². The van der Waals surface area contributed by atoms with Crippen LogP contribution >= 0.6 is 15.9 Å². The van der Waals surface area contributed by atoms with Crippen LogP contribution in [0.4, 0.5) is 10.1 Å². The molecule has 0 bridgehead atoms. The van der Waals surface area contributed by atoms with Gasteiger partial charge in [-0.3, -0.25) is 13.9 Å². The molecule has 196 valence electrons. The van der Waals surface area contributed by atoms with Gasteiger partial charge in [-0.1, -0.05) is 53.2 Å². The highest BCUT2D eigenvalue weighted by molar-refractivity contribution is 9.10. The van der Waals surface area contributed by atoms with Gasteiger partial charge >= 0.3 is 0 Å². The van der Waals surface area contributed by atoms with Gasteiger partial charge in [-0.05, 0) is 67.4 Å². The first-order valence-electron chi connectivity index (χ1n) is 11.8. The van der Waals surface area contributed by atoms with E-state index in [1.165, 1.54) is 41.3 Å². The Morgan fingerprint density at radius 1 is 0.946 bits per heavy atom. The van der Waals surface area contributed by atoms with Gasteiger partial charge in [-0.2, -0.15) is 0 Å². The van der Waals surface area contributed by atoms with Gasteiger partial charge in [0.05, 0.1) is 10.6 Å². The highest BCUT2D eigenvalue weighted by atomic mass is 79.9. The Kier molecular flexibility index (Phi) is 9.82. The van der Waals surface area contributed by atoms with Crippen molar-refractivity contribution in [1.29, 1.82) is 0 Å². The number of amides is 2. The van der Waals surface area contributed by atoms with Crippen molar-refractivity contribution in [3.05, 3.63) is 94.7 Å². The first kappa shape index (κ1) is 28.3. The van der Waals surface area contributed by atoms with Gasteiger partial charge in [0, 0.05) is 17.6 Å². The first-order valence-corrected chi connectivity index (χ1v) is 14.1. The SMILES string of the molecule is CCNC(=O)C(CC)N(Cc1ccc(F)cc1)C(=O)CN(c1ccc(Br)cc1)S(=O)(=O)c1ccccc1. The van der Waals surface area contributed by atoms with Crippen LogP contribution in [0.5, 0.6) is 0 Å². The molecule has 1 unspecified atom stereocenters. The molecule has 0 saturated heterocycles. The normalized spacial score (nSPS) is 12.0. The smallest absolute Gasteiger partial charge is 0.264 e. The third-order valence-electron chi connectivity index (χ3n) is 5.73. The molecule has 10 heteroatoms. The van der Waals surface area contributed by atoms with Crippen molar-refractivity contribution in [3.63, 3.8) is 0 Å². The van der Waals surface area contributed by atoms with Crippen molar-refractivity contribution in [3.8, 4) is 0 Å². The van der Waals surface area contributed by atoms with Gasteiger partial charge < -0.3 is 10.2 Å². The van der Waals surface area contributed by atoms with Crippen LogP contribution in [0.25, 0.3) is 0 Å². The second kappa shape index (κ2) is 12.8. The van der Waals surface area contributed by atoms with Crippen molar-refractivity contribution in [2.24, 2.45) is 0 Å². The highest BCUT2D eigenvalue weighted by Crippen LogP contribution is 2.26. The van der Waals surface area contributed by atoms with E-state index in [-0.39, 0.29) is 17.3 Å². The molecule has 7 nitrogen and oxygen atoms in total. The molecule has 0 aliphatic rings. The Morgan fingerprint density at radius 3 is 2.14 bits per heavy atom. The number of carbonyl (C=O) groups excluding carboxylic acids is 2. The lowest BCUT2D eigenvalue weighted by Crippen LogP contribution is -2.52. The maximum Gasteiger partial charge on any atom is 0.264 e. The summed E-state index contributed by atoms with van der Waals surface area (Å²) in [5.41, 5.74) is 0.909. The molecule has 3 aromatic rings. The topological polar surface area (TPSA) is 86.8 Å². The van der Waals surface area contributed by atoms with Gasteiger partial charge in [0.25, 0.3) is 10.0 Å². The number of rotatable bonds is 11. The minimum atomic E-state index is -4.12. The van der Waals surface area contributed by atoms with Gasteiger partial charge in [0.2, 0.25) is 11.8 Å². The summed E-state index contributed by atoms with van der Waals surface area (Å²) >= 11 is 3.35. The Morgan fingerprint density at radius 2 is 1.57 bits per heavy atom. The summed E-state index contributed by atoms with van der Waals surface area (Å²) in [5.74, 6) is -1.33. The van der Waals surface area contributed by atoms with Crippen LogP contribution in [0, 0.1) is 5.82 Å². The van der Waals surface area contributed by atoms with Crippen LogP contribution in [-0.2, 0) is 26.2 Å². The lowest BCUT2D eigenvalue weighted by Gasteiger charge is -2.33. The molecule has 0 aromatic heterocycles. The number of halogens is 2. The van der Waals surface area contributed by atoms with E-state index in [1.54, 1.807) is 56.3 Å². The zero-order valence-electron chi connectivity index (χ0n) is 20.6. The van der Waals surface area contributed by atoms with Gasteiger partial charge in [-0.25, -0.2) is 12.8 Å². The monoisotopic (exact) mass is 589 g/mol. The summed E-state index contributed by atoms with van der Waals surface area (Å²) < 4.78 is 42.6. The van der Waals surface area contributed by atoms with E-state index in [1.807, 2.05) is 0 Å². The molecular weight excluding hydrogens is 561 g/mol. The lowest BCUT2D eigenvalue weighted by molar-refractivity contribution is -0.140. The molecule has 0 radical (unpaired) electrons. The predicted molar refractivity (Wildman–Crippen MR) is 145 cm³/mol. The Labute approximate surface area is 225 Å². The van der Waals surface area contributed by atoms with Crippen molar-refractivity contribution in [2.75, 3.05) is 17.4 Å². The number of anilines is 1. The summed E-state index contributed by atoms with van der Waals surface area (Å²) in [4.78, 5) is 28.1. The average molecular weight is 591 g/mol. The van der Waals surface area contributed by atoms with E-state index in [0.717, 1.165) is 8.78 Å². The van der Waals surface area contributed by atoms with Crippen LogP contribution in [0.3, 0.4) is 0 Å². The number of hydrogen-bond donors (Lipinski definition) is 1. The number of likely N-dealkylation sites (N-methyl/N-ethyl adjacent to an activating group) is 1. The minimum Gasteiger partial charge on any atom is -0.355 e. The van der Waals surface area contributed by atoms with Crippen LogP contribution in [-0.4, -0.2) is 44.3 Å². The molecule has 0 aliphatic carbocycles. The number of sulfonamides is 1. The van der Waals surface area contributed by atoms with Crippen LogP contribution in [0.2, 0.25) is 0 Å². The van der Waals surface area contributed by atoms with Gasteiger partial charge in [-0.15, -0.1) is 0 Å². The summed E-state index contributed by atoms with van der Waals surface area (Å²) in [7, 11) is -4.12. The molecule has 0 aliphatic heterocycles. The summed E-state index contributed by atoms with van der Waals surface area (Å²) in [6.45, 7) is 3.40. The number of benzene rings is 3. The molecular formula is C27H29BrFN3O4S. The third-order valence-corrected chi connectivity index (χ3v) is 8.04. The fourth-order valence-electron chi connectivity index (χ4n) is 3.85. The zero-order valence-corrected chi connectivity index (χ0v) is 23.0. The zero-order chi connectivity index (χ0) is 27.0. The quantitative estimate of drug-likeness (QED) is 0.350. The fourth-order valence-corrected chi connectivity index (χ4v) is 5.55. The number of nitrogens with zero attached hydrogens (tertiary/aromatic N) is 2. The average Bonchev–Trinajstić information content (AvgIpc) is 2.89. The molecule has 2 amide bonds. The molecule has 1 N–H and O–H groups in total. The molecule has 3 rings (SSSR count). The van der Waals surface area contributed by atoms with Crippen molar-refractivity contribution >= 4 is 43.5 Å². The molecule has 0 spiro atoms. The van der Waals surface area contributed by atoms with E-state index in [2.05, 4.69) is 21.2 Å². The number of hydrogen-bond acceptors (Lipinski definition) is 4. The van der Waals surface area contributed by atoms with E-state index in [4.69, 9.17) is 0 Å². The Hall–Kier alpha value is -3.24.